The topological polar surface area (TPSA) is 66.4 Å². The molecule has 2 N–H and O–H groups in total. The number of rotatable bonds is 5. The third-order valence-electron chi connectivity index (χ3n) is 3.74. The summed E-state index contributed by atoms with van der Waals surface area (Å²) in [6.07, 6.45) is 2.31. The van der Waals surface area contributed by atoms with Crippen molar-refractivity contribution in [1.29, 1.82) is 0 Å². The van der Waals surface area contributed by atoms with E-state index < -0.39 is 5.97 Å². The average molecular weight is 261 g/mol. The van der Waals surface area contributed by atoms with E-state index in [1.54, 1.807) is 0 Å². The van der Waals surface area contributed by atoms with Crippen molar-refractivity contribution in [2.24, 2.45) is 5.92 Å². The molecule has 102 valence electrons. The Bertz CT molecular complexity index is 478. The summed E-state index contributed by atoms with van der Waals surface area (Å²) < 4.78 is 0. The third kappa shape index (κ3) is 3.56. The van der Waals surface area contributed by atoms with Crippen LogP contribution in [0.1, 0.15) is 30.4 Å². The standard InChI is InChI=1S/C15H19NO3/c1-10-4-2-3-5-11(10)6-7-14(17)16-13-8-12(9-13)15(18)19/h2-5,12-13H,6-9H2,1H3,(H,16,17)(H,18,19). The van der Waals surface area contributed by atoms with Gasteiger partial charge in [0.15, 0.2) is 0 Å². The molecular formula is C15H19NO3. The van der Waals surface area contributed by atoms with Crippen LogP contribution in [0, 0.1) is 12.8 Å². The number of amides is 1. The van der Waals surface area contributed by atoms with Crippen molar-refractivity contribution in [3.8, 4) is 0 Å². The number of carboxylic acid groups (broad SMARTS) is 1. The quantitative estimate of drug-likeness (QED) is 0.850. The van der Waals surface area contributed by atoms with E-state index in [1.807, 2.05) is 31.2 Å². The van der Waals surface area contributed by atoms with Crippen LogP contribution in [-0.2, 0) is 16.0 Å². The molecule has 19 heavy (non-hydrogen) atoms. The molecule has 0 saturated heterocycles. The molecule has 1 aliphatic carbocycles. The maximum atomic E-state index is 11.7. The van der Waals surface area contributed by atoms with Gasteiger partial charge in [0.1, 0.15) is 0 Å². The van der Waals surface area contributed by atoms with Crippen molar-refractivity contribution in [1.82, 2.24) is 5.32 Å². The molecule has 0 atom stereocenters. The lowest BCUT2D eigenvalue weighted by Crippen LogP contribution is -2.46. The van der Waals surface area contributed by atoms with E-state index in [-0.39, 0.29) is 17.9 Å². The summed E-state index contributed by atoms with van der Waals surface area (Å²) in [5, 5.41) is 11.6. The molecular weight excluding hydrogens is 242 g/mol. The summed E-state index contributed by atoms with van der Waals surface area (Å²) in [6, 6.07) is 8.08. The largest absolute Gasteiger partial charge is 0.481 e. The molecule has 4 nitrogen and oxygen atoms in total. The van der Waals surface area contributed by atoms with Crippen molar-refractivity contribution < 1.29 is 14.7 Å². The normalized spacial score (nSPS) is 21.5. The lowest BCUT2D eigenvalue weighted by molar-refractivity contribution is -0.146. The predicted octanol–water partition coefficient (Wildman–Crippen LogP) is 1.91. The second-order valence-electron chi connectivity index (χ2n) is 5.20. The Morgan fingerprint density at radius 2 is 2.00 bits per heavy atom. The van der Waals surface area contributed by atoms with Crippen LogP contribution in [0.5, 0.6) is 0 Å². The van der Waals surface area contributed by atoms with E-state index in [0.717, 1.165) is 6.42 Å². The zero-order valence-electron chi connectivity index (χ0n) is 11.1. The van der Waals surface area contributed by atoms with E-state index in [2.05, 4.69) is 5.32 Å². The van der Waals surface area contributed by atoms with Crippen LogP contribution in [0.2, 0.25) is 0 Å². The number of carbonyl (C=O) groups excluding carboxylic acids is 1. The molecule has 1 amide bonds. The number of aryl methyl sites for hydroxylation is 2. The van der Waals surface area contributed by atoms with E-state index in [9.17, 15) is 9.59 Å². The van der Waals surface area contributed by atoms with Gasteiger partial charge in [0.25, 0.3) is 0 Å². The lowest BCUT2D eigenvalue weighted by atomic mass is 9.80. The van der Waals surface area contributed by atoms with Crippen LogP contribution in [0.25, 0.3) is 0 Å². The number of benzene rings is 1. The van der Waals surface area contributed by atoms with Crippen LogP contribution in [-0.4, -0.2) is 23.0 Å². The number of aliphatic carboxylic acids is 1. The number of hydrogen-bond acceptors (Lipinski definition) is 2. The van der Waals surface area contributed by atoms with Crippen LogP contribution in [0.3, 0.4) is 0 Å². The van der Waals surface area contributed by atoms with Gasteiger partial charge in [0.05, 0.1) is 5.92 Å². The SMILES string of the molecule is Cc1ccccc1CCC(=O)NC1CC(C(=O)O)C1. The van der Waals surface area contributed by atoms with E-state index in [1.165, 1.54) is 11.1 Å². The molecule has 1 aliphatic rings. The van der Waals surface area contributed by atoms with Gasteiger partial charge in [-0.2, -0.15) is 0 Å². The van der Waals surface area contributed by atoms with Crippen molar-refractivity contribution in [2.45, 2.75) is 38.6 Å². The average Bonchev–Trinajstić information content (AvgIpc) is 2.31. The monoisotopic (exact) mass is 261 g/mol. The highest BCUT2D eigenvalue weighted by Crippen LogP contribution is 2.27. The summed E-state index contributed by atoms with van der Waals surface area (Å²) in [6.45, 7) is 2.04. The number of carboxylic acids is 1. The highest BCUT2D eigenvalue weighted by Gasteiger charge is 2.35. The first-order valence-corrected chi connectivity index (χ1v) is 6.63. The van der Waals surface area contributed by atoms with Crippen LogP contribution < -0.4 is 5.32 Å². The summed E-state index contributed by atoms with van der Waals surface area (Å²) in [4.78, 5) is 22.4. The predicted molar refractivity (Wildman–Crippen MR) is 71.8 cm³/mol. The Labute approximate surface area is 112 Å². The van der Waals surface area contributed by atoms with E-state index >= 15 is 0 Å². The van der Waals surface area contributed by atoms with Gasteiger partial charge in [-0.3, -0.25) is 9.59 Å². The summed E-state index contributed by atoms with van der Waals surface area (Å²) >= 11 is 0. The zero-order valence-corrected chi connectivity index (χ0v) is 11.1. The maximum absolute atomic E-state index is 11.7. The smallest absolute Gasteiger partial charge is 0.306 e. The Morgan fingerprint density at radius 1 is 1.32 bits per heavy atom. The molecule has 0 spiro atoms. The second-order valence-corrected chi connectivity index (χ2v) is 5.20. The number of carbonyl (C=O) groups is 2. The van der Waals surface area contributed by atoms with Gasteiger partial charge in [-0.15, -0.1) is 0 Å². The minimum atomic E-state index is -0.759. The molecule has 1 aromatic carbocycles. The van der Waals surface area contributed by atoms with Crippen LogP contribution >= 0.6 is 0 Å². The molecule has 0 aliphatic heterocycles. The van der Waals surface area contributed by atoms with Gasteiger partial charge in [0.2, 0.25) is 5.91 Å². The maximum Gasteiger partial charge on any atom is 0.306 e. The molecule has 0 bridgehead atoms. The lowest BCUT2D eigenvalue weighted by Gasteiger charge is -2.32. The second kappa shape index (κ2) is 5.87. The van der Waals surface area contributed by atoms with Gasteiger partial charge >= 0.3 is 5.97 Å². The fraction of sp³-hybridized carbons (Fsp3) is 0.467. The van der Waals surface area contributed by atoms with Crippen molar-refractivity contribution >= 4 is 11.9 Å². The number of nitrogens with one attached hydrogen (secondary N) is 1. The van der Waals surface area contributed by atoms with E-state index in [4.69, 9.17) is 5.11 Å². The molecule has 4 heteroatoms. The molecule has 1 saturated carbocycles. The van der Waals surface area contributed by atoms with Gasteiger partial charge in [-0.25, -0.2) is 0 Å². The fourth-order valence-corrected chi connectivity index (χ4v) is 2.38. The van der Waals surface area contributed by atoms with Gasteiger partial charge < -0.3 is 10.4 Å². The fourth-order valence-electron chi connectivity index (χ4n) is 2.38. The molecule has 0 unspecified atom stereocenters. The van der Waals surface area contributed by atoms with E-state index in [0.29, 0.717) is 19.3 Å². The molecule has 0 radical (unpaired) electrons. The first-order valence-electron chi connectivity index (χ1n) is 6.63. The minimum absolute atomic E-state index is 0.0112. The first-order chi connectivity index (χ1) is 9.06. The number of hydrogen-bond donors (Lipinski definition) is 2. The summed E-state index contributed by atoms with van der Waals surface area (Å²) in [7, 11) is 0. The van der Waals surface area contributed by atoms with Crippen molar-refractivity contribution in [3.63, 3.8) is 0 Å². The summed E-state index contributed by atoms with van der Waals surface area (Å²) in [5.41, 5.74) is 2.39. The van der Waals surface area contributed by atoms with Crippen molar-refractivity contribution in [2.75, 3.05) is 0 Å². The molecule has 1 aromatic rings. The highest BCUT2D eigenvalue weighted by molar-refractivity contribution is 5.77. The van der Waals surface area contributed by atoms with Gasteiger partial charge in [0, 0.05) is 12.5 Å². The molecule has 1 fully saturated rings. The van der Waals surface area contributed by atoms with Gasteiger partial charge in [-0.1, -0.05) is 24.3 Å². The molecule has 0 aromatic heterocycles. The van der Waals surface area contributed by atoms with Crippen LogP contribution in [0.15, 0.2) is 24.3 Å². The molecule has 2 rings (SSSR count). The third-order valence-corrected chi connectivity index (χ3v) is 3.74. The Morgan fingerprint density at radius 3 is 2.63 bits per heavy atom. The van der Waals surface area contributed by atoms with Crippen LogP contribution in [0.4, 0.5) is 0 Å². The first kappa shape index (κ1) is 13.6. The highest BCUT2D eigenvalue weighted by atomic mass is 16.4. The Hall–Kier alpha value is -1.84. The molecule has 0 heterocycles. The van der Waals surface area contributed by atoms with Gasteiger partial charge in [-0.05, 0) is 37.3 Å². The summed E-state index contributed by atoms with van der Waals surface area (Å²) in [5.74, 6) is -1.02. The Kier molecular flexibility index (Phi) is 4.20. The minimum Gasteiger partial charge on any atom is -0.481 e. The Balaban J connectivity index is 1.72. The zero-order chi connectivity index (χ0) is 13.8. The van der Waals surface area contributed by atoms with Crippen molar-refractivity contribution in [3.05, 3.63) is 35.4 Å².